The standard InChI is InChI=1S/C26H24N2O/c29-24(21-12-4-1-5-13-21)18-10-11-19-26(23-16-8-3-9-17-23)25(27-20-28-26)22-14-6-2-7-15-22/h1-9,12-17,20H,10-11,18-19H2/p+1. The fraction of sp³-hybridized carbons (Fsp3) is 0.192. The van der Waals surface area contributed by atoms with Crippen LogP contribution in [0.5, 0.6) is 0 Å². The van der Waals surface area contributed by atoms with Crippen molar-refractivity contribution in [1.82, 2.24) is 0 Å². The zero-order valence-electron chi connectivity index (χ0n) is 16.4. The van der Waals surface area contributed by atoms with Crippen LogP contribution in [0.1, 0.15) is 47.2 Å². The van der Waals surface area contributed by atoms with Gasteiger partial charge >= 0.3 is 0 Å². The first-order chi connectivity index (χ1) is 14.3. The molecule has 1 aliphatic heterocycles. The third-order valence-corrected chi connectivity index (χ3v) is 5.52. The lowest BCUT2D eigenvalue weighted by Gasteiger charge is -2.24. The van der Waals surface area contributed by atoms with E-state index in [4.69, 9.17) is 4.99 Å². The Bertz CT molecular complexity index is 1010. The van der Waals surface area contributed by atoms with Crippen molar-refractivity contribution in [1.29, 1.82) is 0 Å². The van der Waals surface area contributed by atoms with Crippen molar-refractivity contribution in [3.8, 4) is 0 Å². The molecule has 0 radical (unpaired) electrons. The molecular weight excluding hydrogens is 356 g/mol. The molecule has 144 valence electrons. The fourth-order valence-corrected chi connectivity index (χ4v) is 4.02. The predicted molar refractivity (Wildman–Crippen MR) is 117 cm³/mol. The molecule has 0 bridgehead atoms. The van der Waals surface area contributed by atoms with Crippen LogP contribution in [0, 0.1) is 0 Å². The average Bonchev–Trinajstić information content (AvgIpc) is 3.23. The Morgan fingerprint density at radius 1 is 0.793 bits per heavy atom. The van der Waals surface area contributed by atoms with Gasteiger partial charge in [-0.3, -0.25) is 9.79 Å². The quantitative estimate of drug-likeness (QED) is 0.466. The zero-order valence-corrected chi connectivity index (χ0v) is 16.4. The van der Waals surface area contributed by atoms with Gasteiger partial charge in [0.05, 0.1) is 0 Å². The van der Waals surface area contributed by atoms with Crippen LogP contribution in [0.15, 0.2) is 96.0 Å². The number of hydrogen-bond acceptors (Lipinski definition) is 2. The largest absolute Gasteiger partial charge is 0.294 e. The maximum absolute atomic E-state index is 12.4. The zero-order chi connectivity index (χ0) is 19.9. The van der Waals surface area contributed by atoms with Gasteiger partial charge in [-0.05, 0) is 17.8 Å². The molecule has 3 aromatic rings. The summed E-state index contributed by atoms with van der Waals surface area (Å²) in [6.45, 7) is 0. The van der Waals surface area contributed by atoms with Crippen LogP contribution in [0.3, 0.4) is 0 Å². The maximum atomic E-state index is 12.4. The number of benzene rings is 3. The Hall–Kier alpha value is -3.33. The molecule has 1 N–H and O–H groups in total. The number of ketones is 1. The summed E-state index contributed by atoms with van der Waals surface area (Å²) in [4.78, 5) is 20.7. The van der Waals surface area contributed by atoms with Crippen molar-refractivity contribution < 1.29 is 9.79 Å². The monoisotopic (exact) mass is 381 g/mol. The molecule has 0 amide bonds. The van der Waals surface area contributed by atoms with Crippen LogP contribution in [0.25, 0.3) is 0 Å². The maximum Gasteiger partial charge on any atom is 0.281 e. The number of rotatable bonds is 8. The summed E-state index contributed by atoms with van der Waals surface area (Å²) < 4.78 is 0. The van der Waals surface area contributed by atoms with E-state index in [9.17, 15) is 4.79 Å². The second kappa shape index (κ2) is 8.78. The van der Waals surface area contributed by atoms with Gasteiger partial charge in [0.1, 0.15) is 0 Å². The number of Topliss-reactive ketones (excluding diaryl/α,β-unsaturated/α-hetero) is 1. The Kier molecular flexibility index (Phi) is 5.76. The summed E-state index contributed by atoms with van der Waals surface area (Å²) in [5, 5.41) is 0. The molecular formula is C26H25N2O+. The first kappa shape index (κ1) is 19.0. The first-order valence-corrected chi connectivity index (χ1v) is 10.2. The molecule has 1 unspecified atom stereocenters. The molecule has 0 fully saturated rings. The van der Waals surface area contributed by atoms with Crippen molar-refractivity contribution in [3.63, 3.8) is 0 Å². The van der Waals surface area contributed by atoms with Crippen molar-refractivity contribution >= 4 is 17.8 Å². The number of hydrogen-bond donors (Lipinski definition) is 1. The number of carbonyl (C=O) groups excluding carboxylic acids is 1. The summed E-state index contributed by atoms with van der Waals surface area (Å²) in [5.41, 5.74) is 3.80. The molecule has 3 aromatic carbocycles. The lowest BCUT2D eigenvalue weighted by Crippen LogP contribution is -2.83. The average molecular weight is 381 g/mol. The molecule has 1 atom stereocenters. The van der Waals surface area contributed by atoms with Crippen molar-refractivity contribution in [2.45, 2.75) is 31.2 Å². The molecule has 0 aliphatic carbocycles. The van der Waals surface area contributed by atoms with E-state index in [2.05, 4.69) is 41.4 Å². The summed E-state index contributed by atoms with van der Waals surface area (Å²) >= 11 is 0. The van der Waals surface area contributed by atoms with E-state index in [1.165, 1.54) is 5.56 Å². The lowest BCUT2D eigenvalue weighted by molar-refractivity contribution is -0.532. The smallest absolute Gasteiger partial charge is 0.281 e. The second-order valence-corrected chi connectivity index (χ2v) is 7.38. The van der Waals surface area contributed by atoms with Crippen LogP contribution in [-0.2, 0) is 5.54 Å². The van der Waals surface area contributed by atoms with E-state index in [0.29, 0.717) is 6.42 Å². The Morgan fingerprint density at radius 2 is 1.41 bits per heavy atom. The van der Waals surface area contributed by atoms with Gasteiger partial charge in [0.15, 0.2) is 11.3 Å². The molecule has 29 heavy (non-hydrogen) atoms. The van der Waals surface area contributed by atoms with E-state index in [1.54, 1.807) is 0 Å². The second-order valence-electron chi connectivity index (χ2n) is 7.38. The molecule has 1 aliphatic rings. The van der Waals surface area contributed by atoms with E-state index >= 15 is 0 Å². The van der Waals surface area contributed by atoms with Gasteiger partial charge in [-0.25, -0.2) is 0 Å². The van der Waals surface area contributed by atoms with Crippen molar-refractivity contribution in [2.75, 3.05) is 0 Å². The van der Waals surface area contributed by atoms with Crippen LogP contribution < -0.4 is 4.99 Å². The number of unbranched alkanes of at least 4 members (excludes halogenated alkanes) is 1. The molecule has 0 aromatic heterocycles. The highest BCUT2D eigenvalue weighted by Crippen LogP contribution is 2.29. The number of nitrogens with one attached hydrogen (secondary N) is 1. The summed E-state index contributed by atoms with van der Waals surface area (Å²) in [5.74, 6) is 0.210. The minimum atomic E-state index is -0.363. The lowest BCUT2D eigenvalue weighted by atomic mass is 9.79. The molecule has 0 saturated heterocycles. The van der Waals surface area contributed by atoms with E-state index < -0.39 is 0 Å². The van der Waals surface area contributed by atoms with Crippen LogP contribution >= 0.6 is 0 Å². The van der Waals surface area contributed by atoms with Crippen molar-refractivity contribution in [3.05, 3.63) is 108 Å². The van der Waals surface area contributed by atoms with Gasteiger partial charge < -0.3 is 0 Å². The number of aliphatic imine (C=N–C) groups is 1. The molecule has 0 saturated carbocycles. The van der Waals surface area contributed by atoms with Gasteiger partial charge in [0, 0.05) is 29.5 Å². The Balaban J connectivity index is 1.51. The van der Waals surface area contributed by atoms with E-state index in [1.807, 2.05) is 60.9 Å². The third-order valence-electron chi connectivity index (χ3n) is 5.52. The van der Waals surface area contributed by atoms with E-state index in [0.717, 1.165) is 36.1 Å². The van der Waals surface area contributed by atoms with Gasteiger partial charge in [-0.1, -0.05) is 91.0 Å². The van der Waals surface area contributed by atoms with Gasteiger partial charge in [0.25, 0.3) is 6.34 Å². The van der Waals surface area contributed by atoms with Crippen LogP contribution in [0.2, 0.25) is 0 Å². The molecule has 1 heterocycles. The molecule has 3 heteroatoms. The minimum absolute atomic E-state index is 0.210. The minimum Gasteiger partial charge on any atom is -0.294 e. The summed E-state index contributed by atoms with van der Waals surface area (Å²) in [6.07, 6.45) is 5.04. The highest BCUT2D eigenvalue weighted by Gasteiger charge is 2.45. The SMILES string of the molecule is O=C(CCCCC1(c2ccccc2)[NH+]=CN=C1c1ccccc1)c1ccccc1. The van der Waals surface area contributed by atoms with Crippen molar-refractivity contribution in [2.24, 2.45) is 4.99 Å². The van der Waals surface area contributed by atoms with Crippen LogP contribution in [0.4, 0.5) is 0 Å². The van der Waals surface area contributed by atoms with Gasteiger partial charge in [-0.2, -0.15) is 0 Å². The Labute approximate surface area is 171 Å². The number of carbonyl (C=O) groups is 1. The third kappa shape index (κ3) is 4.09. The normalized spacial score (nSPS) is 17.9. The van der Waals surface area contributed by atoms with Crippen LogP contribution in [-0.4, -0.2) is 17.8 Å². The first-order valence-electron chi connectivity index (χ1n) is 10.2. The molecule has 3 nitrogen and oxygen atoms in total. The topological polar surface area (TPSA) is 43.4 Å². The van der Waals surface area contributed by atoms with Gasteiger partial charge in [0.2, 0.25) is 5.71 Å². The fourth-order valence-electron chi connectivity index (χ4n) is 4.02. The summed E-state index contributed by atoms with van der Waals surface area (Å²) in [6, 6.07) is 30.4. The predicted octanol–water partition coefficient (Wildman–Crippen LogP) is 3.94. The summed E-state index contributed by atoms with van der Waals surface area (Å²) in [7, 11) is 0. The molecule has 0 spiro atoms. The van der Waals surface area contributed by atoms with E-state index in [-0.39, 0.29) is 11.3 Å². The Morgan fingerprint density at radius 3 is 2.10 bits per heavy atom. The van der Waals surface area contributed by atoms with Gasteiger partial charge in [-0.15, -0.1) is 0 Å². The number of nitrogens with zero attached hydrogens (tertiary/aromatic N) is 1. The molecule has 4 rings (SSSR count). The highest BCUT2D eigenvalue weighted by atomic mass is 16.1. The highest BCUT2D eigenvalue weighted by molar-refractivity contribution is 6.10.